The quantitative estimate of drug-likeness (QED) is 0.603. The minimum atomic E-state index is 1.12. The molecule has 0 amide bonds. The van der Waals surface area contributed by atoms with E-state index in [2.05, 4.69) is 61.0 Å². The summed E-state index contributed by atoms with van der Waals surface area (Å²) in [5.41, 5.74) is 7.50. The molecule has 0 spiro atoms. The summed E-state index contributed by atoms with van der Waals surface area (Å²) in [6.07, 6.45) is 4.92. The molecule has 0 nitrogen and oxygen atoms in total. The minimum absolute atomic E-state index is 1.12. The molecular weight excluding hydrogens is 211 g/mol. The first-order valence-electron chi connectivity index (χ1n) is 7.01. The zero-order valence-corrected chi connectivity index (χ0v) is 11.3. The Labute approximate surface area is 119 Å². The number of fused-ring (bicyclic) bond motifs is 3. The van der Waals surface area contributed by atoms with Gasteiger partial charge >= 0.3 is 119 Å². The predicted octanol–water partition coefficient (Wildman–Crippen LogP) is 3.39. The van der Waals surface area contributed by atoms with Gasteiger partial charge in [0.05, 0.1) is 0 Å². The van der Waals surface area contributed by atoms with Crippen LogP contribution in [-0.4, -0.2) is 17.7 Å². The van der Waals surface area contributed by atoms with Crippen LogP contribution in [0.25, 0.3) is 11.1 Å². The first-order valence-corrected chi connectivity index (χ1v) is 7.01. The van der Waals surface area contributed by atoms with Crippen LogP contribution in [0.5, 0.6) is 0 Å². The summed E-state index contributed by atoms with van der Waals surface area (Å²) in [6.45, 7) is 2.26. The molecule has 2 aromatic carbocycles. The van der Waals surface area contributed by atoms with Crippen LogP contribution < -0.4 is 4.24 Å². The van der Waals surface area contributed by atoms with Crippen LogP contribution in [0, 0.1) is 0 Å². The van der Waals surface area contributed by atoms with Crippen LogP contribution in [0.4, 0.5) is 0 Å². The van der Waals surface area contributed by atoms with Crippen LogP contribution >= 0.6 is 0 Å². The van der Waals surface area contributed by atoms with E-state index in [4.69, 9.17) is 0 Å². The Morgan fingerprint density at radius 3 is 2.72 bits per heavy atom. The SMILES string of the molecule is [Li][c]1c(CCCC)ccc2c1Cc1ccccc1-2. The summed E-state index contributed by atoms with van der Waals surface area (Å²) in [6, 6.07) is 13.5. The monoisotopic (exact) mass is 228 g/mol. The molecule has 0 unspecified atom stereocenters. The first-order chi connectivity index (χ1) is 8.81. The molecule has 0 fully saturated rings. The van der Waals surface area contributed by atoms with E-state index < -0.39 is 0 Å². The van der Waals surface area contributed by atoms with Gasteiger partial charge in [0.15, 0.2) is 0 Å². The van der Waals surface area contributed by atoms with E-state index in [0.717, 1.165) is 6.42 Å². The number of hydrogen-bond donors (Lipinski definition) is 0. The summed E-state index contributed by atoms with van der Waals surface area (Å²) >= 11 is 2.30. The van der Waals surface area contributed by atoms with Gasteiger partial charge in [-0.1, -0.05) is 0 Å². The summed E-state index contributed by atoms with van der Waals surface area (Å²) < 4.78 is 1.53. The molecule has 0 heterocycles. The van der Waals surface area contributed by atoms with Crippen LogP contribution in [0.3, 0.4) is 0 Å². The molecule has 18 heavy (non-hydrogen) atoms. The van der Waals surface area contributed by atoms with Crippen molar-refractivity contribution in [2.75, 3.05) is 0 Å². The molecule has 0 bridgehead atoms. The van der Waals surface area contributed by atoms with Crippen molar-refractivity contribution in [3.05, 3.63) is 53.1 Å². The molecule has 2 aromatic rings. The summed E-state index contributed by atoms with van der Waals surface area (Å²) in [4.78, 5) is 0. The summed E-state index contributed by atoms with van der Waals surface area (Å²) in [5.74, 6) is 0. The number of benzene rings is 2. The van der Waals surface area contributed by atoms with Gasteiger partial charge < -0.3 is 0 Å². The molecule has 0 N–H and O–H groups in total. The van der Waals surface area contributed by atoms with Gasteiger partial charge in [0.2, 0.25) is 0 Å². The number of rotatable bonds is 3. The third-order valence-corrected chi connectivity index (χ3v) is 4.19. The van der Waals surface area contributed by atoms with Gasteiger partial charge in [-0.15, -0.1) is 0 Å². The number of hydrogen-bond acceptors (Lipinski definition) is 0. The van der Waals surface area contributed by atoms with Gasteiger partial charge in [-0.3, -0.25) is 0 Å². The van der Waals surface area contributed by atoms with Crippen molar-refractivity contribution in [3.8, 4) is 11.1 Å². The zero-order chi connectivity index (χ0) is 12.5. The van der Waals surface area contributed by atoms with E-state index >= 15 is 0 Å². The Morgan fingerprint density at radius 1 is 1.06 bits per heavy atom. The van der Waals surface area contributed by atoms with Gasteiger partial charge in [-0.25, -0.2) is 0 Å². The molecule has 0 aromatic heterocycles. The second-order valence-corrected chi connectivity index (χ2v) is 5.31. The average molecular weight is 228 g/mol. The van der Waals surface area contributed by atoms with Crippen molar-refractivity contribution in [1.82, 2.24) is 0 Å². The van der Waals surface area contributed by atoms with Crippen LogP contribution in [0.1, 0.15) is 36.5 Å². The fourth-order valence-electron chi connectivity index (χ4n) is 3.05. The van der Waals surface area contributed by atoms with Crippen molar-refractivity contribution >= 4 is 22.0 Å². The van der Waals surface area contributed by atoms with Gasteiger partial charge in [0.25, 0.3) is 0 Å². The number of unbranched alkanes of at least 4 members (excludes halogenated alkanes) is 1. The Kier molecular flexibility index (Phi) is 3.33. The van der Waals surface area contributed by atoms with E-state index in [1.54, 1.807) is 11.1 Å². The van der Waals surface area contributed by atoms with E-state index in [1.165, 1.54) is 40.2 Å². The van der Waals surface area contributed by atoms with Crippen molar-refractivity contribution in [2.45, 2.75) is 32.6 Å². The average Bonchev–Trinajstić information content (AvgIpc) is 2.78. The van der Waals surface area contributed by atoms with E-state index in [1.807, 2.05) is 0 Å². The fraction of sp³-hybridized carbons (Fsp3) is 0.294. The van der Waals surface area contributed by atoms with E-state index in [0.29, 0.717) is 0 Å². The molecule has 1 aliphatic rings. The molecule has 0 aliphatic heterocycles. The molecule has 0 atom stereocenters. The van der Waals surface area contributed by atoms with E-state index in [-0.39, 0.29) is 0 Å². The van der Waals surface area contributed by atoms with Crippen LogP contribution in [0.2, 0.25) is 0 Å². The molecule has 0 radical (unpaired) electrons. The van der Waals surface area contributed by atoms with Gasteiger partial charge in [-0.05, 0) is 0 Å². The molecule has 3 rings (SSSR count). The molecule has 1 heteroatoms. The van der Waals surface area contributed by atoms with Crippen LogP contribution in [-0.2, 0) is 12.8 Å². The van der Waals surface area contributed by atoms with Crippen molar-refractivity contribution in [1.29, 1.82) is 0 Å². The normalized spacial score (nSPS) is 12.4. The summed E-state index contributed by atoms with van der Waals surface area (Å²) in [7, 11) is 0. The second kappa shape index (κ2) is 4.96. The Balaban J connectivity index is 2.04. The van der Waals surface area contributed by atoms with Gasteiger partial charge in [0, 0.05) is 0 Å². The Hall–Kier alpha value is -0.963. The van der Waals surface area contributed by atoms with Crippen molar-refractivity contribution in [3.63, 3.8) is 0 Å². The maximum absolute atomic E-state index is 2.34. The van der Waals surface area contributed by atoms with Crippen molar-refractivity contribution in [2.24, 2.45) is 0 Å². The van der Waals surface area contributed by atoms with Gasteiger partial charge in [0.1, 0.15) is 0 Å². The third kappa shape index (κ3) is 1.94. The van der Waals surface area contributed by atoms with E-state index in [9.17, 15) is 0 Å². The number of aryl methyl sites for hydroxylation is 1. The molecule has 0 saturated heterocycles. The Morgan fingerprint density at radius 2 is 1.89 bits per heavy atom. The third-order valence-electron chi connectivity index (χ3n) is 4.19. The Bertz CT molecular complexity index is 584. The van der Waals surface area contributed by atoms with Gasteiger partial charge in [-0.2, -0.15) is 0 Å². The summed E-state index contributed by atoms with van der Waals surface area (Å²) in [5, 5.41) is 0. The molecule has 86 valence electrons. The molecule has 0 saturated carbocycles. The topological polar surface area (TPSA) is 0 Å². The standard InChI is InChI=1S/C17H17.Li/c1-2-3-6-13-9-10-17-15(11-13)12-14-7-4-5-8-16(14)17;/h4-5,7-10H,2-3,6,12H2,1H3;. The molecular formula is C17H17Li. The zero-order valence-electron chi connectivity index (χ0n) is 11.3. The predicted molar refractivity (Wildman–Crippen MR) is 78.7 cm³/mol. The van der Waals surface area contributed by atoms with Crippen LogP contribution in [0.15, 0.2) is 36.4 Å². The second-order valence-electron chi connectivity index (χ2n) is 5.31. The first kappa shape index (κ1) is 12.1. The van der Waals surface area contributed by atoms with Crippen molar-refractivity contribution < 1.29 is 0 Å². The maximum atomic E-state index is 2.34. The molecule has 1 aliphatic carbocycles. The fourth-order valence-corrected chi connectivity index (χ4v) is 3.05.